The van der Waals surface area contributed by atoms with E-state index >= 15 is 0 Å². The van der Waals surface area contributed by atoms with Gasteiger partial charge in [-0.25, -0.2) is 0 Å². The number of hydrogen-bond donors (Lipinski definition) is 1. The summed E-state index contributed by atoms with van der Waals surface area (Å²) in [7, 11) is 1.59. The van der Waals surface area contributed by atoms with Gasteiger partial charge in [0.15, 0.2) is 5.76 Å². The van der Waals surface area contributed by atoms with E-state index in [9.17, 15) is 4.79 Å². The minimum atomic E-state index is -0.231. The summed E-state index contributed by atoms with van der Waals surface area (Å²) in [5, 5.41) is 3.60. The predicted octanol–water partition coefficient (Wildman–Crippen LogP) is 2.57. The van der Waals surface area contributed by atoms with Crippen molar-refractivity contribution in [2.24, 2.45) is 0 Å². The Hall–Kier alpha value is -1.33. The maximum absolute atomic E-state index is 11.7. The summed E-state index contributed by atoms with van der Waals surface area (Å²) in [5.74, 6) is 0.0770. The fourth-order valence-electron chi connectivity index (χ4n) is 1.49. The number of nitrogens with one attached hydrogen (secondary N) is 1. The number of furan rings is 1. The highest BCUT2D eigenvalue weighted by Crippen LogP contribution is 2.26. The van der Waals surface area contributed by atoms with Crippen molar-refractivity contribution < 1.29 is 13.9 Å². The summed E-state index contributed by atoms with van der Waals surface area (Å²) in [6.07, 6.45) is 0. The van der Waals surface area contributed by atoms with Gasteiger partial charge >= 0.3 is 0 Å². The molecule has 4 nitrogen and oxygen atoms in total. The van der Waals surface area contributed by atoms with Crippen LogP contribution in [0.25, 0.3) is 11.0 Å². The average molecular weight is 298 g/mol. The third-order valence-corrected chi connectivity index (χ3v) is 3.02. The molecule has 0 saturated carbocycles. The van der Waals surface area contributed by atoms with Crippen LogP contribution in [0.5, 0.6) is 0 Å². The van der Waals surface area contributed by atoms with Crippen molar-refractivity contribution in [1.29, 1.82) is 0 Å². The van der Waals surface area contributed by atoms with Crippen molar-refractivity contribution in [3.05, 3.63) is 34.5 Å². The molecule has 1 aromatic heterocycles. The van der Waals surface area contributed by atoms with Crippen molar-refractivity contribution in [3.8, 4) is 0 Å². The van der Waals surface area contributed by atoms with E-state index in [1.165, 1.54) is 0 Å². The number of benzene rings is 1. The quantitative estimate of drug-likeness (QED) is 0.883. The van der Waals surface area contributed by atoms with Crippen molar-refractivity contribution >= 4 is 32.8 Å². The molecule has 2 rings (SSSR count). The van der Waals surface area contributed by atoms with E-state index in [-0.39, 0.29) is 5.91 Å². The summed E-state index contributed by atoms with van der Waals surface area (Å²) in [5.41, 5.74) is 0.691. The summed E-state index contributed by atoms with van der Waals surface area (Å²) in [4.78, 5) is 11.7. The lowest BCUT2D eigenvalue weighted by molar-refractivity contribution is 0.0911. The maximum Gasteiger partial charge on any atom is 0.287 e. The second kappa shape index (κ2) is 5.33. The third-order valence-electron chi connectivity index (χ3n) is 2.32. The van der Waals surface area contributed by atoms with Gasteiger partial charge in [-0.05, 0) is 18.2 Å². The summed E-state index contributed by atoms with van der Waals surface area (Å²) in [6.45, 7) is 0.948. The molecule has 1 heterocycles. The zero-order valence-electron chi connectivity index (χ0n) is 9.33. The highest BCUT2D eigenvalue weighted by atomic mass is 79.9. The summed E-state index contributed by atoms with van der Waals surface area (Å²) in [6, 6.07) is 7.32. The van der Waals surface area contributed by atoms with Gasteiger partial charge in [-0.15, -0.1) is 0 Å². The molecule has 0 aliphatic carbocycles. The number of fused-ring (bicyclic) bond motifs is 1. The highest BCUT2D eigenvalue weighted by Gasteiger charge is 2.12. The smallest absolute Gasteiger partial charge is 0.287 e. The van der Waals surface area contributed by atoms with Crippen LogP contribution in [0.15, 0.2) is 33.2 Å². The monoisotopic (exact) mass is 297 g/mol. The second-order valence-corrected chi connectivity index (χ2v) is 4.37. The van der Waals surface area contributed by atoms with Crippen LogP contribution in [0.4, 0.5) is 0 Å². The lowest BCUT2D eigenvalue weighted by Gasteiger charge is -2.00. The van der Waals surface area contributed by atoms with Crippen LogP contribution in [-0.2, 0) is 4.74 Å². The molecule has 0 fully saturated rings. The molecule has 1 aromatic carbocycles. The molecular weight excluding hydrogens is 286 g/mol. The zero-order chi connectivity index (χ0) is 12.3. The Morgan fingerprint density at radius 1 is 1.53 bits per heavy atom. The van der Waals surface area contributed by atoms with Crippen LogP contribution in [0.3, 0.4) is 0 Å². The molecule has 1 amide bonds. The van der Waals surface area contributed by atoms with Crippen molar-refractivity contribution in [2.45, 2.75) is 0 Å². The third kappa shape index (κ3) is 2.68. The first-order chi connectivity index (χ1) is 8.22. The van der Waals surface area contributed by atoms with Gasteiger partial charge in [0.1, 0.15) is 5.58 Å². The SMILES string of the molecule is COCCNC(=O)c1cc2c(Br)cccc2o1. The van der Waals surface area contributed by atoms with E-state index in [0.29, 0.717) is 24.5 Å². The Kier molecular flexibility index (Phi) is 3.81. The molecule has 17 heavy (non-hydrogen) atoms. The van der Waals surface area contributed by atoms with Crippen molar-refractivity contribution in [1.82, 2.24) is 5.32 Å². The fraction of sp³-hybridized carbons (Fsp3) is 0.250. The standard InChI is InChI=1S/C12H12BrNO3/c1-16-6-5-14-12(15)11-7-8-9(13)3-2-4-10(8)17-11/h2-4,7H,5-6H2,1H3,(H,14,15). The van der Waals surface area contributed by atoms with Gasteiger partial charge in [0.25, 0.3) is 5.91 Å². The molecule has 2 aromatic rings. The van der Waals surface area contributed by atoms with Crippen molar-refractivity contribution in [2.75, 3.05) is 20.3 Å². The molecule has 5 heteroatoms. The van der Waals surface area contributed by atoms with Crippen molar-refractivity contribution in [3.63, 3.8) is 0 Å². The van der Waals surface area contributed by atoms with Gasteiger partial charge in [0.05, 0.1) is 6.61 Å². The average Bonchev–Trinajstić information content (AvgIpc) is 2.75. The largest absolute Gasteiger partial charge is 0.451 e. The topological polar surface area (TPSA) is 51.5 Å². The van der Waals surface area contributed by atoms with E-state index in [2.05, 4.69) is 21.2 Å². The molecule has 0 aliphatic rings. The first kappa shape index (κ1) is 12.1. The molecule has 0 aliphatic heterocycles. The lowest BCUT2D eigenvalue weighted by Crippen LogP contribution is -2.26. The number of rotatable bonds is 4. The molecule has 0 spiro atoms. The van der Waals surface area contributed by atoms with Gasteiger partial charge < -0.3 is 14.5 Å². The molecule has 1 N–H and O–H groups in total. The fourth-order valence-corrected chi connectivity index (χ4v) is 1.95. The predicted molar refractivity (Wildman–Crippen MR) is 68.1 cm³/mol. The Balaban J connectivity index is 2.19. The normalized spacial score (nSPS) is 10.7. The summed E-state index contributed by atoms with van der Waals surface area (Å²) >= 11 is 3.41. The van der Waals surface area contributed by atoms with Crippen LogP contribution < -0.4 is 5.32 Å². The second-order valence-electron chi connectivity index (χ2n) is 3.51. The molecule has 0 radical (unpaired) electrons. The molecule has 0 unspecified atom stereocenters. The van der Waals surface area contributed by atoms with Gasteiger partial charge in [-0.3, -0.25) is 4.79 Å². The Morgan fingerprint density at radius 2 is 2.35 bits per heavy atom. The molecule has 0 bridgehead atoms. The minimum Gasteiger partial charge on any atom is -0.451 e. The first-order valence-corrected chi connectivity index (χ1v) is 5.97. The van der Waals surface area contributed by atoms with Gasteiger partial charge in [0.2, 0.25) is 0 Å². The number of methoxy groups -OCH3 is 1. The highest BCUT2D eigenvalue weighted by molar-refractivity contribution is 9.10. The van der Waals surface area contributed by atoms with Gasteiger partial charge in [-0.2, -0.15) is 0 Å². The Morgan fingerprint density at radius 3 is 3.06 bits per heavy atom. The first-order valence-electron chi connectivity index (χ1n) is 5.17. The van der Waals surface area contributed by atoms with Crippen LogP contribution in [0.2, 0.25) is 0 Å². The van der Waals surface area contributed by atoms with E-state index in [1.807, 2.05) is 18.2 Å². The van der Waals surface area contributed by atoms with E-state index < -0.39 is 0 Å². The van der Waals surface area contributed by atoms with E-state index in [4.69, 9.17) is 9.15 Å². The summed E-state index contributed by atoms with van der Waals surface area (Å²) < 4.78 is 11.2. The minimum absolute atomic E-state index is 0.231. The Bertz CT molecular complexity index is 536. The van der Waals surface area contributed by atoms with Gasteiger partial charge in [0, 0.05) is 23.5 Å². The van der Waals surface area contributed by atoms with E-state index in [0.717, 1.165) is 9.86 Å². The van der Waals surface area contributed by atoms with Crippen LogP contribution in [0.1, 0.15) is 10.6 Å². The number of ether oxygens (including phenoxy) is 1. The van der Waals surface area contributed by atoms with Crippen LogP contribution in [0, 0.1) is 0 Å². The van der Waals surface area contributed by atoms with E-state index in [1.54, 1.807) is 13.2 Å². The molecule has 90 valence electrons. The van der Waals surface area contributed by atoms with Crippen LogP contribution >= 0.6 is 15.9 Å². The molecular formula is C12H12BrNO3. The Labute approximate surface area is 107 Å². The number of halogens is 1. The number of hydrogen-bond acceptors (Lipinski definition) is 3. The number of carbonyl (C=O) groups excluding carboxylic acids is 1. The maximum atomic E-state index is 11.7. The lowest BCUT2D eigenvalue weighted by atomic mass is 10.2. The number of amides is 1. The van der Waals surface area contributed by atoms with Gasteiger partial charge in [-0.1, -0.05) is 22.0 Å². The molecule has 0 atom stereocenters. The van der Waals surface area contributed by atoms with Crippen LogP contribution in [-0.4, -0.2) is 26.2 Å². The molecule has 0 saturated heterocycles. The zero-order valence-corrected chi connectivity index (χ0v) is 10.9. The number of carbonyl (C=O) groups is 1.